The van der Waals surface area contributed by atoms with Crippen LogP contribution in [0.5, 0.6) is 5.75 Å². The summed E-state index contributed by atoms with van der Waals surface area (Å²) >= 11 is 0. The molecule has 47 heavy (non-hydrogen) atoms. The van der Waals surface area contributed by atoms with Crippen molar-refractivity contribution in [3.05, 3.63) is 154 Å². The molecule has 1 saturated heterocycles. The Balaban J connectivity index is 1.23. The van der Waals surface area contributed by atoms with Gasteiger partial charge in [-0.05, 0) is 83.8 Å². The van der Waals surface area contributed by atoms with E-state index in [0.717, 1.165) is 73.3 Å². The predicted molar refractivity (Wildman–Crippen MR) is 178 cm³/mol. The van der Waals surface area contributed by atoms with E-state index in [2.05, 4.69) is 16.9 Å². The third-order valence-electron chi connectivity index (χ3n) is 8.11. The number of pyridine rings is 2. The van der Waals surface area contributed by atoms with E-state index in [0.29, 0.717) is 12.3 Å². The highest BCUT2D eigenvalue weighted by atomic mass is 19.4. The highest BCUT2D eigenvalue weighted by molar-refractivity contribution is 6.05. The first kappa shape index (κ1) is 29.9. The largest absolute Gasteiger partial charge is 0.489 e. The van der Waals surface area contributed by atoms with Crippen molar-refractivity contribution in [2.24, 2.45) is 0 Å². The third-order valence-corrected chi connectivity index (χ3v) is 8.11. The molecule has 0 aliphatic carbocycles. The molecule has 7 rings (SSSR count). The maximum atomic E-state index is 13.5. The number of fused-ring (bicyclic) bond motifs is 3. The Kier molecular flexibility index (Phi) is 7.52. The van der Waals surface area contributed by atoms with Crippen LogP contribution >= 0.6 is 0 Å². The van der Waals surface area contributed by atoms with Crippen molar-refractivity contribution in [2.45, 2.75) is 19.7 Å². The third kappa shape index (κ3) is 6.07. The van der Waals surface area contributed by atoms with Crippen LogP contribution in [0.25, 0.3) is 38.6 Å². The second-order valence-electron chi connectivity index (χ2n) is 11.3. The van der Waals surface area contributed by atoms with Gasteiger partial charge in [0.1, 0.15) is 19.0 Å². The number of epoxide rings is 1. The minimum absolute atomic E-state index is 0.117. The summed E-state index contributed by atoms with van der Waals surface area (Å²) in [5.41, 5.74) is 6.51. The fraction of sp³-hybridized carbons (Fsp3) is 0.105. The fourth-order valence-electron chi connectivity index (χ4n) is 5.52. The van der Waals surface area contributed by atoms with Crippen molar-refractivity contribution in [1.82, 2.24) is 9.55 Å². The lowest BCUT2D eigenvalue weighted by Gasteiger charge is -2.16. The Bertz CT molecular complexity index is 2270. The van der Waals surface area contributed by atoms with E-state index >= 15 is 0 Å². The van der Waals surface area contributed by atoms with E-state index in [1.165, 1.54) is 12.1 Å². The van der Waals surface area contributed by atoms with Gasteiger partial charge in [-0.25, -0.2) is 0 Å². The molecule has 9 heteroatoms. The molecule has 234 valence electrons. The quantitative estimate of drug-likeness (QED) is 0.134. The van der Waals surface area contributed by atoms with Gasteiger partial charge in [-0.3, -0.25) is 14.3 Å². The van der Waals surface area contributed by atoms with Crippen molar-refractivity contribution < 1.29 is 22.6 Å². The van der Waals surface area contributed by atoms with Gasteiger partial charge in [-0.2, -0.15) is 13.2 Å². The van der Waals surface area contributed by atoms with Gasteiger partial charge < -0.3 is 14.8 Å². The highest BCUT2D eigenvalue weighted by Gasteiger charge is 2.30. The lowest BCUT2D eigenvalue weighted by molar-refractivity contribution is -0.137. The van der Waals surface area contributed by atoms with Crippen molar-refractivity contribution in [3.8, 4) is 22.6 Å². The van der Waals surface area contributed by atoms with E-state index in [4.69, 9.17) is 9.47 Å². The molecule has 3 heterocycles. The van der Waals surface area contributed by atoms with Crippen molar-refractivity contribution in [2.75, 3.05) is 11.9 Å². The number of hydrogen-bond donors (Lipinski definition) is 1. The molecular formula is C38H28F3N3O3. The summed E-state index contributed by atoms with van der Waals surface area (Å²) in [6.07, 6.45) is -0.949. The van der Waals surface area contributed by atoms with Gasteiger partial charge >= 0.3 is 6.18 Å². The number of anilines is 1. The predicted octanol–water partition coefficient (Wildman–Crippen LogP) is 8.95. The number of rotatable bonds is 8. The van der Waals surface area contributed by atoms with Gasteiger partial charge in [0.05, 0.1) is 28.0 Å². The zero-order chi connectivity index (χ0) is 32.7. The Hall–Kier alpha value is -5.83. The average Bonchev–Trinajstić information content (AvgIpc) is 3.92. The standard InChI is InChI=1S/C38H28F3N3O3/c1-3-32(35-22-47-35)43-34-19-29(14-7-23(34)2)44-36(45)16-13-27-20-42-33-15-12-26(17-31(33)37(27)44)25-10-8-24(9-11-25)21-46-30-6-4-5-28(18-30)38(39,40)41/h3-20,43H,1,21-22H2,2H3/b35-32-. The van der Waals surface area contributed by atoms with Crippen LogP contribution in [-0.4, -0.2) is 16.2 Å². The summed E-state index contributed by atoms with van der Waals surface area (Å²) in [5, 5.41) is 5.01. The molecule has 1 aliphatic heterocycles. The van der Waals surface area contributed by atoms with Crippen molar-refractivity contribution in [3.63, 3.8) is 0 Å². The van der Waals surface area contributed by atoms with Crippen LogP contribution in [0.2, 0.25) is 0 Å². The van der Waals surface area contributed by atoms with Crippen LogP contribution in [0.1, 0.15) is 16.7 Å². The van der Waals surface area contributed by atoms with Gasteiger partial charge in [-0.1, -0.05) is 49.0 Å². The summed E-state index contributed by atoms with van der Waals surface area (Å²) in [6.45, 7) is 6.56. The first-order valence-electron chi connectivity index (χ1n) is 14.9. The summed E-state index contributed by atoms with van der Waals surface area (Å²) in [6, 6.07) is 27.5. The Morgan fingerprint density at radius 2 is 1.79 bits per heavy atom. The molecule has 0 bridgehead atoms. The number of aromatic nitrogens is 2. The Labute approximate surface area is 268 Å². The first-order valence-corrected chi connectivity index (χ1v) is 14.9. The lowest BCUT2D eigenvalue weighted by atomic mass is 10.0. The second kappa shape index (κ2) is 11.8. The molecule has 0 atom stereocenters. The van der Waals surface area contributed by atoms with Gasteiger partial charge in [0.15, 0.2) is 5.76 Å². The molecule has 0 radical (unpaired) electrons. The number of halogens is 3. The topological polar surface area (TPSA) is 68.7 Å². The van der Waals surface area contributed by atoms with E-state index in [1.807, 2.05) is 67.6 Å². The van der Waals surface area contributed by atoms with E-state index in [-0.39, 0.29) is 17.9 Å². The van der Waals surface area contributed by atoms with Crippen LogP contribution in [0, 0.1) is 6.92 Å². The summed E-state index contributed by atoms with van der Waals surface area (Å²) < 4.78 is 51.9. The number of nitrogens with zero attached hydrogens (tertiary/aromatic N) is 2. The fourth-order valence-corrected chi connectivity index (χ4v) is 5.52. The van der Waals surface area contributed by atoms with Crippen LogP contribution in [0.15, 0.2) is 132 Å². The molecule has 4 aromatic carbocycles. The van der Waals surface area contributed by atoms with Gasteiger partial charge in [0.2, 0.25) is 0 Å². The number of allylic oxidation sites excluding steroid dienone is 1. The monoisotopic (exact) mass is 631 g/mol. The SMILES string of the molecule is C=C/C(Nc1cc(-n2c(=O)ccc3cnc4ccc(-c5ccc(COc6cccc(C(F)(F)F)c6)cc5)cc4c32)ccc1C)=C1\CO1. The average molecular weight is 632 g/mol. The molecule has 0 saturated carbocycles. The molecule has 1 aliphatic rings. The molecule has 1 N–H and O–H groups in total. The van der Waals surface area contributed by atoms with E-state index in [1.54, 1.807) is 29.0 Å². The highest BCUT2D eigenvalue weighted by Crippen LogP contribution is 2.33. The zero-order valence-electron chi connectivity index (χ0n) is 25.3. The molecule has 6 nitrogen and oxygen atoms in total. The van der Waals surface area contributed by atoms with E-state index < -0.39 is 11.7 Å². The molecule has 0 amide bonds. The molecule has 0 unspecified atom stereocenters. The van der Waals surface area contributed by atoms with Gasteiger partial charge in [-0.15, -0.1) is 0 Å². The lowest BCUT2D eigenvalue weighted by Crippen LogP contribution is -2.18. The normalized spacial score (nSPS) is 13.7. The van der Waals surface area contributed by atoms with Crippen LogP contribution in [-0.2, 0) is 17.5 Å². The first-order chi connectivity index (χ1) is 22.7. The van der Waals surface area contributed by atoms with Crippen LogP contribution in [0.4, 0.5) is 18.9 Å². The van der Waals surface area contributed by atoms with Crippen LogP contribution in [0.3, 0.4) is 0 Å². The number of ether oxygens (including phenoxy) is 2. The minimum Gasteiger partial charge on any atom is -0.489 e. The van der Waals surface area contributed by atoms with Gasteiger partial charge in [0, 0.05) is 28.7 Å². The number of alkyl halides is 3. The number of hydrogen-bond acceptors (Lipinski definition) is 5. The number of benzene rings is 4. The maximum Gasteiger partial charge on any atom is 0.416 e. The molecular weight excluding hydrogens is 603 g/mol. The summed E-state index contributed by atoms with van der Waals surface area (Å²) in [5.74, 6) is 0.989. The van der Waals surface area contributed by atoms with Gasteiger partial charge in [0.25, 0.3) is 5.56 Å². The van der Waals surface area contributed by atoms with Crippen molar-refractivity contribution >= 4 is 27.5 Å². The summed E-state index contributed by atoms with van der Waals surface area (Å²) in [7, 11) is 0. The number of aryl methyl sites for hydroxylation is 1. The smallest absolute Gasteiger partial charge is 0.416 e. The number of nitrogens with one attached hydrogen (secondary N) is 1. The second-order valence-corrected chi connectivity index (χ2v) is 11.3. The summed E-state index contributed by atoms with van der Waals surface area (Å²) in [4.78, 5) is 18.2. The van der Waals surface area contributed by atoms with Crippen molar-refractivity contribution in [1.29, 1.82) is 0 Å². The Morgan fingerprint density at radius 1 is 1.00 bits per heavy atom. The Morgan fingerprint density at radius 3 is 2.53 bits per heavy atom. The molecule has 0 spiro atoms. The van der Waals surface area contributed by atoms with Crippen LogP contribution < -0.4 is 15.6 Å². The molecule has 6 aromatic rings. The minimum atomic E-state index is -4.44. The maximum absolute atomic E-state index is 13.5. The molecule has 2 aromatic heterocycles. The zero-order valence-corrected chi connectivity index (χ0v) is 25.3. The molecule has 1 fully saturated rings. The van der Waals surface area contributed by atoms with E-state index in [9.17, 15) is 18.0 Å².